The zero-order chi connectivity index (χ0) is 19.9. The van der Waals surface area contributed by atoms with Gasteiger partial charge in [-0.1, -0.05) is 36.4 Å². The quantitative estimate of drug-likeness (QED) is 0.750. The summed E-state index contributed by atoms with van der Waals surface area (Å²) >= 11 is 0. The van der Waals surface area contributed by atoms with Crippen LogP contribution in [0.15, 0.2) is 54.6 Å². The molecule has 0 saturated carbocycles. The van der Waals surface area contributed by atoms with E-state index in [4.69, 9.17) is 4.74 Å². The maximum absolute atomic E-state index is 12.4. The Bertz CT molecular complexity index is 851. The van der Waals surface area contributed by atoms with Gasteiger partial charge in [-0.3, -0.25) is 9.59 Å². The van der Waals surface area contributed by atoms with Crippen molar-refractivity contribution in [1.29, 1.82) is 0 Å². The number of amides is 2. The van der Waals surface area contributed by atoms with Crippen molar-refractivity contribution >= 4 is 23.5 Å². The predicted molar refractivity (Wildman–Crippen MR) is 106 cm³/mol. The van der Waals surface area contributed by atoms with E-state index in [0.717, 1.165) is 12.0 Å². The van der Waals surface area contributed by atoms with Crippen LogP contribution in [0.3, 0.4) is 0 Å². The molecule has 0 aliphatic carbocycles. The Morgan fingerprint density at radius 2 is 1.93 bits per heavy atom. The van der Waals surface area contributed by atoms with Gasteiger partial charge in [-0.05, 0) is 43.5 Å². The first-order valence-corrected chi connectivity index (χ1v) is 9.47. The fourth-order valence-corrected chi connectivity index (χ4v) is 3.12. The molecule has 2 aromatic rings. The monoisotopic (exact) mass is 380 g/mol. The highest BCUT2D eigenvalue weighted by molar-refractivity contribution is 5.98. The van der Waals surface area contributed by atoms with E-state index in [0.29, 0.717) is 37.2 Å². The first kappa shape index (κ1) is 19.6. The van der Waals surface area contributed by atoms with Crippen molar-refractivity contribution in [2.45, 2.75) is 32.3 Å². The van der Waals surface area contributed by atoms with Crippen LogP contribution in [0.25, 0.3) is 0 Å². The summed E-state index contributed by atoms with van der Waals surface area (Å²) in [6, 6.07) is 16.6. The molecule has 1 aliphatic rings. The highest BCUT2D eigenvalue weighted by Gasteiger charge is 2.23. The minimum atomic E-state index is -0.902. The standard InChI is InChI=1S/C22H24N2O4/c1-16(21(26)23-13-12-17-7-3-2-4-8-17)28-22(27)18-9-5-10-19(15-18)24-14-6-11-20(24)25/h2-5,7-10,15-16H,6,11-14H2,1H3,(H,23,26)/t16-/m0/s1. The molecule has 1 saturated heterocycles. The summed E-state index contributed by atoms with van der Waals surface area (Å²) in [5.41, 5.74) is 2.12. The summed E-state index contributed by atoms with van der Waals surface area (Å²) in [6.07, 6.45) is 1.14. The second kappa shape index (κ2) is 9.17. The maximum Gasteiger partial charge on any atom is 0.338 e. The third-order valence-corrected chi connectivity index (χ3v) is 4.68. The lowest BCUT2D eigenvalue weighted by molar-refractivity contribution is -0.129. The van der Waals surface area contributed by atoms with E-state index in [1.807, 2.05) is 30.3 Å². The molecule has 2 amide bonds. The van der Waals surface area contributed by atoms with Gasteiger partial charge in [-0.15, -0.1) is 0 Å². The summed E-state index contributed by atoms with van der Waals surface area (Å²) in [4.78, 5) is 38.1. The third kappa shape index (κ3) is 4.97. The molecule has 0 unspecified atom stereocenters. The van der Waals surface area contributed by atoms with Crippen LogP contribution in [0, 0.1) is 0 Å². The van der Waals surface area contributed by atoms with Crippen LogP contribution in [0.1, 0.15) is 35.7 Å². The Labute approximate surface area is 164 Å². The van der Waals surface area contributed by atoms with Gasteiger partial charge in [0.05, 0.1) is 5.56 Å². The van der Waals surface area contributed by atoms with Crippen LogP contribution in [0.5, 0.6) is 0 Å². The van der Waals surface area contributed by atoms with Crippen molar-refractivity contribution in [1.82, 2.24) is 5.32 Å². The molecular formula is C22H24N2O4. The third-order valence-electron chi connectivity index (χ3n) is 4.68. The van der Waals surface area contributed by atoms with E-state index in [1.165, 1.54) is 0 Å². The molecule has 28 heavy (non-hydrogen) atoms. The van der Waals surface area contributed by atoms with Gasteiger partial charge >= 0.3 is 5.97 Å². The van der Waals surface area contributed by atoms with E-state index in [2.05, 4.69) is 5.32 Å². The van der Waals surface area contributed by atoms with E-state index in [9.17, 15) is 14.4 Å². The topological polar surface area (TPSA) is 75.7 Å². The molecule has 1 aliphatic heterocycles. The van der Waals surface area contributed by atoms with Crippen molar-refractivity contribution in [2.75, 3.05) is 18.0 Å². The molecule has 1 heterocycles. The van der Waals surface area contributed by atoms with E-state index in [-0.39, 0.29) is 11.8 Å². The molecule has 0 radical (unpaired) electrons. The maximum atomic E-state index is 12.4. The van der Waals surface area contributed by atoms with Gasteiger partial charge in [-0.2, -0.15) is 0 Å². The van der Waals surface area contributed by atoms with E-state index in [1.54, 1.807) is 36.1 Å². The van der Waals surface area contributed by atoms with Crippen molar-refractivity contribution in [3.05, 3.63) is 65.7 Å². The zero-order valence-corrected chi connectivity index (χ0v) is 15.9. The molecule has 0 bridgehead atoms. The number of carbonyl (C=O) groups excluding carboxylic acids is 3. The molecule has 1 fully saturated rings. The fraction of sp³-hybridized carbons (Fsp3) is 0.318. The molecule has 2 aromatic carbocycles. The zero-order valence-electron chi connectivity index (χ0n) is 15.9. The number of nitrogens with zero attached hydrogens (tertiary/aromatic N) is 1. The molecule has 1 atom stereocenters. The SMILES string of the molecule is C[C@H](OC(=O)c1cccc(N2CCCC2=O)c1)C(=O)NCCc1ccccc1. The van der Waals surface area contributed by atoms with Crippen molar-refractivity contribution in [2.24, 2.45) is 0 Å². The highest BCUT2D eigenvalue weighted by Crippen LogP contribution is 2.22. The average molecular weight is 380 g/mol. The summed E-state index contributed by atoms with van der Waals surface area (Å²) in [5.74, 6) is -0.869. The van der Waals surface area contributed by atoms with Crippen LogP contribution in [-0.4, -0.2) is 37.0 Å². The van der Waals surface area contributed by atoms with Crippen molar-refractivity contribution < 1.29 is 19.1 Å². The fourth-order valence-electron chi connectivity index (χ4n) is 3.12. The second-order valence-electron chi connectivity index (χ2n) is 6.77. The van der Waals surface area contributed by atoms with Gasteiger partial charge in [0, 0.05) is 25.2 Å². The minimum absolute atomic E-state index is 0.0525. The lowest BCUT2D eigenvalue weighted by Crippen LogP contribution is -2.37. The van der Waals surface area contributed by atoms with E-state index < -0.39 is 12.1 Å². The Kier molecular flexibility index (Phi) is 6.42. The second-order valence-corrected chi connectivity index (χ2v) is 6.77. The number of benzene rings is 2. The Morgan fingerprint density at radius 3 is 2.64 bits per heavy atom. The number of rotatable bonds is 7. The van der Waals surface area contributed by atoms with E-state index >= 15 is 0 Å². The van der Waals surface area contributed by atoms with Crippen LogP contribution in [0.4, 0.5) is 5.69 Å². The van der Waals surface area contributed by atoms with Crippen molar-refractivity contribution in [3.63, 3.8) is 0 Å². The van der Waals surface area contributed by atoms with Gasteiger partial charge in [0.2, 0.25) is 5.91 Å². The van der Waals surface area contributed by atoms with Crippen LogP contribution < -0.4 is 10.2 Å². The number of hydrogen-bond donors (Lipinski definition) is 1. The Morgan fingerprint density at radius 1 is 1.14 bits per heavy atom. The number of nitrogens with one attached hydrogen (secondary N) is 1. The molecule has 1 N–H and O–H groups in total. The van der Waals surface area contributed by atoms with Gasteiger partial charge < -0.3 is 15.0 Å². The largest absolute Gasteiger partial charge is 0.449 e. The number of hydrogen-bond acceptors (Lipinski definition) is 4. The molecule has 0 spiro atoms. The molecule has 3 rings (SSSR count). The lowest BCUT2D eigenvalue weighted by Gasteiger charge is -2.17. The number of anilines is 1. The van der Waals surface area contributed by atoms with Crippen LogP contribution in [-0.2, 0) is 20.7 Å². The van der Waals surface area contributed by atoms with Crippen molar-refractivity contribution in [3.8, 4) is 0 Å². The number of carbonyl (C=O) groups is 3. The Hall–Kier alpha value is -3.15. The van der Waals surface area contributed by atoms with Gasteiger partial charge in [0.1, 0.15) is 0 Å². The van der Waals surface area contributed by atoms with Crippen LogP contribution in [0.2, 0.25) is 0 Å². The van der Waals surface area contributed by atoms with Gasteiger partial charge in [0.15, 0.2) is 6.10 Å². The lowest BCUT2D eigenvalue weighted by atomic mass is 10.1. The molecule has 6 nitrogen and oxygen atoms in total. The van der Waals surface area contributed by atoms with Crippen LogP contribution >= 0.6 is 0 Å². The average Bonchev–Trinajstić information content (AvgIpc) is 3.14. The molecule has 146 valence electrons. The summed E-state index contributed by atoms with van der Waals surface area (Å²) in [5, 5.41) is 2.78. The molecular weight excluding hydrogens is 356 g/mol. The smallest absolute Gasteiger partial charge is 0.338 e. The predicted octanol–water partition coefficient (Wildman–Crippen LogP) is 2.72. The van der Waals surface area contributed by atoms with Gasteiger partial charge in [-0.25, -0.2) is 4.79 Å². The summed E-state index contributed by atoms with van der Waals surface area (Å²) in [7, 11) is 0. The first-order chi connectivity index (χ1) is 13.5. The highest BCUT2D eigenvalue weighted by atomic mass is 16.5. The summed E-state index contributed by atoms with van der Waals surface area (Å²) in [6.45, 7) is 2.67. The number of ether oxygens (including phenoxy) is 1. The molecule has 6 heteroatoms. The molecule has 0 aromatic heterocycles. The summed E-state index contributed by atoms with van der Waals surface area (Å²) < 4.78 is 5.29. The van der Waals surface area contributed by atoms with Gasteiger partial charge in [0.25, 0.3) is 5.91 Å². The normalized spacial score (nSPS) is 14.6. The first-order valence-electron chi connectivity index (χ1n) is 9.47. The Balaban J connectivity index is 1.52. The minimum Gasteiger partial charge on any atom is -0.449 e. The number of esters is 1.